The van der Waals surface area contributed by atoms with E-state index >= 15 is 0 Å². The van der Waals surface area contributed by atoms with Crippen molar-refractivity contribution < 1.29 is 9.47 Å². The quantitative estimate of drug-likeness (QED) is 0.558. The van der Waals surface area contributed by atoms with Crippen molar-refractivity contribution in [1.82, 2.24) is 14.5 Å². The van der Waals surface area contributed by atoms with Crippen LogP contribution in [0.3, 0.4) is 0 Å². The first-order valence-electron chi connectivity index (χ1n) is 12.3. The number of aromatic nitrogens is 3. The van der Waals surface area contributed by atoms with Crippen molar-refractivity contribution in [3.8, 4) is 0 Å². The van der Waals surface area contributed by atoms with E-state index < -0.39 is 0 Å². The van der Waals surface area contributed by atoms with Crippen molar-refractivity contribution in [2.45, 2.75) is 44.8 Å². The lowest BCUT2D eigenvalue weighted by molar-refractivity contribution is 0.0659. The molecule has 1 saturated carbocycles. The van der Waals surface area contributed by atoms with Gasteiger partial charge in [0.05, 0.1) is 43.1 Å². The van der Waals surface area contributed by atoms with Gasteiger partial charge in [-0.3, -0.25) is 0 Å². The fourth-order valence-corrected chi connectivity index (χ4v) is 5.01. The maximum absolute atomic E-state index is 5.80. The van der Waals surface area contributed by atoms with Gasteiger partial charge in [0.25, 0.3) is 0 Å². The Bertz CT molecular complexity index is 1230. The molecule has 2 aromatic heterocycles. The Morgan fingerprint density at radius 1 is 1.12 bits per heavy atom. The van der Waals surface area contributed by atoms with Crippen molar-refractivity contribution in [2.75, 3.05) is 49.9 Å². The minimum Gasteiger partial charge on any atom is -0.378 e. The van der Waals surface area contributed by atoms with Crippen molar-refractivity contribution in [2.24, 2.45) is 5.10 Å². The highest BCUT2D eigenvalue weighted by Crippen LogP contribution is 2.41. The molecule has 6 rings (SSSR count). The second kappa shape index (κ2) is 8.67. The Morgan fingerprint density at radius 3 is 2.74 bits per heavy atom. The maximum Gasteiger partial charge on any atom is 0.164 e. The maximum atomic E-state index is 5.80. The zero-order chi connectivity index (χ0) is 23.1. The molecular weight excluding hydrogens is 428 g/mol. The molecule has 1 aromatic carbocycles. The molecule has 0 N–H and O–H groups in total. The van der Waals surface area contributed by atoms with Gasteiger partial charge in [-0.2, -0.15) is 5.10 Å². The summed E-state index contributed by atoms with van der Waals surface area (Å²) < 4.78 is 13.6. The van der Waals surface area contributed by atoms with Crippen LogP contribution in [0.25, 0.3) is 11.2 Å². The average molecular weight is 461 g/mol. The molecule has 0 atom stereocenters. The Kier molecular flexibility index (Phi) is 5.50. The van der Waals surface area contributed by atoms with E-state index in [0.29, 0.717) is 0 Å². The van der Waals surface area contributed by atoms with Crippen LogP contribution in [0.5, 0.6) is 0 Å². The third-order valence-corrected chi connectivity index (χ3v) is 7.23. The molecule has 178 valence electrons. The van der Waals surface area contributed by atoms with Crippen LogP contribution < -0.4 is 9.91 Å². The largest absolute Gasteiger partial charge is 0.378 e. The summed E-state index contributed by atoms with van der Waals surface area (Å²) in [6.07, 6.45) is 6.10. The van der Waals surface area contributed by atoms with Gasteiger partial charge in [-0.25, -0.2) is 15.0 Å². The summed E-state index contributed by atoms with van der Waals surface area (Å²) in [5.41, 5.74) is 6.45. The van der Waals surface area contributed by atoms with Crippen LogP contribution in [0.4, 0.5) is 11.5 Å². The predicted molar refractivity (Wildman–Crippen MR) is 134 cm³/mol. The minimum absolute atomic E-state index is 0.0773. The van der Waals surface area contributed by atoms with Crippen LogP contribution in [-0.4, -0.2) is 65.8 Å². The summed E-state index contributed by atoms with van der Waals surface area (Å²) >= 11 is 0. The highest BCUT2D eigenvalue weighted by atomic mass is 16.5. The molecule has 1 saturated heterocycles. The van der Waals surface area contributed by atoms with Crippen molar-refractivity contribution in [3.63, 3.8) is 0 Å². The Labute approximate surface area is 200 Å². The van der Waals surface area contributed by atoms with Crippen molar-refractivity contribution in [1.29, 1.82) is 0 Å². The molecule has 3 aromatic rings. The molecule has 4 heterocycles. The molecule has 0 bridgehead atoms. The number of anilines is 2. The molecule has 2 fully saturated rings. The van der Waals surface area contributed by atoms with Crippen LogP contribution in [0, 0.1) is 6.92 Å². The minimum atomic E-state index is -0.0773. The second-order valence-corrected chi connectivity index (χ2v) is 9.67. The number of fused-ring (bicyclic) bond motifs is 1. The van der Waals surface area contributed by atoms with E-state index in [1.54, 1.807) is 7.11 Å². The standard InChI is InChI=1S/C26H32N6O2/c1-19-5-3-6-20(15-19)21-7-4-10-32(29-21)23-16-22(30-11-13-34-14-12-30)24-25(28-23)31(18-27-24)17-26(33-2)8-9-26/h3,5-6,15-16,18H,4,7-14,17H2,1-2H3. The average Bonchev–Trinajstić information content (AvgIpc) is 3.56. The van der Waals surface area contributed by atoms with Gasteiger partial charge >= 0.3 is 0 Å². The molecule has 0 amide bonds. The van der Waals surface area contributed by atoms with E-state index in [9.17, 15) is 0 Å². The molecule has 3 aliphatic rings. The number of morpholine rings is 1. The van der Waals surface area contributed by atoms with Gasteiger partial charge in [-0.15, -0.1) is 0 Å². The van der Waals surface area contributed by atoms with Crippen LogP contribution in [0.15, 0.2) is 41.8 Å². The summed E-state index contributed by atoms with van der Waals surface area (Å²) in [6, 6.07) is 10.8. The summed E-state index contributed by atoms with van der Waals surface area (Å²) in [5.74, 6) is 0.878. The number of benzene rings is 1. The number of imidazole rings is 1. The lowest BCUT2D eigenvalue weighted by Crippen LogP contribution is -2.36. The highest BCUT2D eigenvalue weighted by molar-refractivity contribution is 6.01. The number of ether oxygens (including phenoxy) is 2. The molecular formula is C26H32N6O2. The molecule has 0 unspecified atom stereocenters. The first-order chi connectivity index (χ1) is 16.6. The third-order valence-electron chi connectivity index (χ3n) is 7.23. The summed E-state index contributed by atoms with van der Waals surface area (Å²) in [7, 11) is 1.80. The Hall–Kier alpha value is -2.97. The number of nitrogens with zero attached hydrogens (tertiary/aromatic N) is 6. The number of methoxy groups -OCH3 is 1. The lowest BCUT2D eigenvalue weighted by Gasteiger charge is -2.30. The van der Waals surface area contributed by atoms with Crippen LogP contribution >= 0.6 is 0 Å². The third kappa shape index (κ3) is 4.05. The molecule has 8 nitrogen and oxygen atoms in total. The number of hydrogen-bond acceptors (Lipinski definition) is 7. The van der Waals surface area contributed by atoms with Crippen LogP contribution in [0.1, 0.15) is 36.8 Å². The van der Waals surface area contributed by atoms with Crippen molar-refractivity contribution in [3.05, 3.63) is 47.8 Å². The summed E-state index contributed by atoms with van der Waals surface area (Å²) in [5, 5.41) is 7.14. The number of rotatable bonds is 6. The van der Waals surface area contributed by atoms with E-state index in [-0.39, 0.29) is 5.60 Å². The van der Waals surface area contributed by atoms with Crippen LogP contribution in [0.2, 0.25) is 0 Å². The smallest absolute Gasteiger partial charge is 0.164 e. The lowest BCUT2D eigenvalue weighted by atomic mass is 10.0. The number of aryl methyl sites for hydroxylation is 1. The van der Waals surface area contributed by atoms with Crippen molar-refractivity contribution >= 4 is 28.4 Å². The van der Waals surface area contributed by atoms with Gasteiger partial charge in [-0.05, 0) is 38.2 Å². The molecule has 1 aliphatic carbocycles. The summed E-state index contributed by atoms with van der Waals surface area (Å²) in [4.78, 5) is 12.3. The van der Waals surface area contributed by atoms with Gasteiger partial charge in [0.2, 0.25) is 0 Å². The molecule has 0 radical (unpaired) electrons. The number of hydrazone groups is 1. The Balaban J connectivity index is 1.42. The van der Waals surface area contributed by atoms with E-state index in [4.69, 9.17) is 24.5 Å². The predicted octanol–water partition coefficient (Wildman–Crippen LogP) is 3.76. The van der Waals surface area contributed by atoms with E-state index in [2.05, 4.69) is 51.7 Å². The monoisotopic (exact) mass is 460 g/mol. The number of pyridine rings is 1. The van der Waals surface area contributed by atoms with Gasteiger partial charge < -0.3 is 18.9 Å². The summed E-state index contributed by atoms with van der Waals surface area (Å²) in [6.45, 7) is 6.92. The first kappa shape index (κ1) is 21.6. The Morgan fingerprint density at radius 2 is 1.97 bits per heavy atom. The second-order valence-electron chi connectivity index (χ2n) is 9.67. The fraction of sp³-hybridized carbons (Fsp3) is 0.500. The number of hydrogen-bond donors (Lipinski definition) is 0. The van der Waals surface area contributed by atoms with E-state index in [0.717, 1.165) is 93.5 Å². The van der Waals surface area contributed by atoms with E-state index in [1.807, 2.05) is 6.33 Å². The van der Waals surface area contributed by atoms with E-state index in [1.165, 1.54) is 11.1 Å². The molecule has 0 spiro atoms. The highest BCUT2D eigenvalue weighted by Gasteiger charge is 2.43. The van der Waals surface area contributed by atoms with Crippen LogP contribution in [-0.2, 0) is 16.0 Å². The zero-order valence-corrected chi connectivity index (χ0v) is 20.0. The fourth-order valence-electron chi connectivity index (χ4n) is 5.01. The SMILES string of the molecule is COC1(Cn2cnc3c(N4CCOCC4)cc(N4CCCC(c5cccc(C)c5)=N4)nc32)CC1. The van der Waals surface area contributed by atoms with Gasteiger partial charge in [0.15, 0.2) is 11.5 Å². The molecule has 8 heteroatoms. The topological polar surface area (TPSA) is 68.0 Å². The van der Waals surface area contributed by atoms with Gasteiger partial charge in [-0.1, -0.05) is 29.8 Å². The molecule has 34 heavy (non-hydrogen) atoms. The molecule has 2 aliphatic heterocycles. The van der Waals surface area contributed by atoms with Gasteiger partial charge in [0, 0.05) is 32.8 Å². The first-order valence-corrected chi connectivity index (χ1v) is 12.3. The zero-order valence-electron chi connectivity index (χ0n) is 20.0. The normalized spacial score (nSPS) is 20.0. The van der Waals surface area contributed by atoms with Gasteiger partial charge in [0.1, 0.15) is 5.52 Å².